The SMILES string of the molecule is CN1CCN(CCNC(c2ccc(F)cc2)C2CC2)CC1. The summed E-state index contributed by atoms with van der Waals surface area (Å²) in [6.45, 7) is 6.81. The molecular weight excluding hydrogens is 265 g/mol. The number of nitrogens with one attached hydrogen (secondary N) is 1. The van der Waals surface area contributed by atoms with Crippen LogP contribution < -0.4 is 5.32 Å². The molecule has 1 saturated carbocycles. The number of hydrogen-bond donors (Lipinski definition) is 1. The molecule has 4 heteroatoms. The van der Waals surface area contributed by atoms with Gasteiger partial charge in [-0.1, -0.05) is 12.1 Å². The van der Waals surface area contributed by atoms with Crippen molar-refractivity contribution in [2.75, 3.05) is 46.3 Å². The van der Waals surface area contributed by atoms with Gasteiger partial charge in [-0.3, -0.25) is 4.90 Å². The molecule has 2 fully saturated rings. The zero-order valence-corrected chi connectivity index (χ0v) is 12.9. The molecule has 1 aromatic rings. The molecule has 1 aliphatic carbocycles. The van der Waals surface area contributed by atoms with Gasteiger partial charge in [-0.2, -0.15) is 0 Å². The first-order valence-electron chi connectivity index (χ1n) is 8.12. The molecule has 1 unspecified atom stereocenters. The highest BCUT2D eigenvalue weighted by atomic mass is 19.1. The first-order chi connectivity index (χ1) is 10.2. The molecule has 21 heavy (non-hydrogen) atoms. The fourth-order valence-corrected chi connectivity index (χ4v) is 3.11. The third-order valence-corrected chi connectivity index (χ3v) is 4.71. The van der Waals surface area contributed by atoms with Crippen LogP contribution in [0.3, 0.4) is 0 Å². The largest absolute Gasteiger partial charge is 0.308 e. The molecule has 1 aromatic carbocycles. The standard InChI is InChI=1S/C17H26FN3/c1-20-10-12-21(13-11-20)9-8-19-17(14-2-3-14)15-4-6-16(18)7-5-15/h4-7,14,17,19H,2-3,8-13H2,1H3. The van der Waals surface area contributed by atoms with E-state index in [1.54, 1.807) is 12.1 Å². The monoisotopic (exact) mass is 291 g/mol. The van der Waals surface area contributed by atoms with Crippen LogP contribution >= 0.6 is 0 Å². The molecule has 3 nitrogen and oxygen atoms in total. The smallest absolute Gasteiger partial charge is 0.123 e. The molecule has 1 saturated heterocycles. The number of piperazine rings is 1. The lowest BCUT2D eigenvalue weighted by Crippen LogP contribution is -2.46. The van der Waals surface area contributed by atoms with Crippen LogP contribution in [0.1, 0.15) is 24.4 Å². The molecule has 0 bridgehead atoms. The zero-order valence-electron chi connectivity index (χ0n) is 12.9. The fourth-order valence-electron chi connectivity index (χ4n) is 3.11. The van der Waals surface area contributed by atoms with Crippen molar-refractivity contribution >= 4 is 0 Å². The van der Waals surface area contributed by atoms with E-state index in [2.05, 4.69) is 22.2 Å². The maximum absolute atomic E-state index is 13.1. The summed E-state index contributed by atoms with van der Waals surface area (Å²) in [5.74, 6) is 0.591. The van der Waals surface area contributed by atoms with Gasteiger partial charge in [0, 0.05) is 45.3 Å². The molecule has 3 rings (SSSR count). The highest BCUT2D eigenvalue weighted by Gasteiger charge is 2.31. The summed E-state index contributed by atoms with van der Waals surface area (Å²) in [5.41, 5.74) is 1.23. The van der Waals surface area contributed by atoms with Crippen molar-refractivity contribution in [2.24, 2.45) is 5.92 Å². The quantitative estimate of drug-likeness (QED) is 0.866. The molecule has 1 atom stereocenters. The Labute approximate surface area is 127 Å². The molecule has 0 aromatic heterocycles. The number of benzene rings is 1. The Bertz CT molecular complexity index is 436. The second kappa shape index (κ2) is 6.86. The Kier molecular flexibility index (Phi) is 4.88. The molecule has 116 valence electrons. The predicted molar refractivity (Wildman–Crippen MR) is 83.8 cm³/mol. The summed E-state index contributed by atoms with van der Waals surface area (Å²) < 4.78 is 13.1. The normalized spacial score (nSPS) is 22.4. The summed E-state index contributed by atoms with van der Waals surface area (Å²) in [7, 11) is 2.19. The Balaban J connectivity index is 1.48. The lowest BCUT2D eigenvalue weighted by Gasteiger charge is -2.32. The van der Waals surface area contributed by atoms with Gasteiger partial charge in [-0.05, 0) is 43.5 Å². The Hall–Kier alpha value is -0.970. The van der Waals surface area contributed by atoms with Gasteiger partial charge in [0.05, 0.1) is 0 Å². The number of likely N-dealkylation sites (N-methyl/N-ethyl adjacent to an activating group) is 1. The third-order valence-electron chi connectivity index (χ3n) is 4.71. The summed E-state index contributed by atoms with van der Waals surface area (Å²) in [6, 6.07) is 7.42. The van der Waals surface area contributed by atoms with Gasteiger partial charge in [0.2, 0.25) is 0 Å². The van der Waals surface area contributed by atoms with Crippen molar-refractivity contribution in [3.8, 4) is 0 Å². The van der Waals surface area contributed by atoms with Crippen molar-refractivity contribution < 1.29 is 4.39 Å². The Morgan fingerprint density at radius 2 is 1.81 bits per heavy atom. The van der Waals surface area contributed by atoms with Crippen LogP contribution in [0.25, 0.3) is 0 Å². The second-order valence-corrected chi connectivity index (χ2v) is 6.47. The van der Waals surface area contributed by atoms with Crippen LogP contribution in [-0.2, 0) is 0 Å². The van der Waals surface area contributed by atoms with Crippen LogP contribution in [0, 0.1) is 11.7 Å². The van der Waals surface area contributed by atoms with Gasteiger partial charge < -0.3 is 10.2 Å². The van der Waals surface area contributed by atoms with Crippen molar-refractivity contribution in [3.05, 3.63) is 35.6 Å². The van der Waals surface area contributed by atoms with E-state index in [1.165, 1.54) is 44.6 Å². The first kappa shape index (κ1) is 14.9. The van der Waals surface area contributed by atoms with E-state index in [9.17, 15) is 4.39 Å². The molecule has 1 aliphatic heterocycles. The van der Waals surface area contributed by atoms with Crippen LogP contribution in [0.5, 0.6) is 0 Å². The number of hydrogen-bond acceptors (Lipinski definition) is 3. The van der Waals surface area contributed by atoms with Gasteiger partial charge >= 0.3 is 0 Å². The van der Waals surface area contributed by atoms with E-state index >= 15 is 0 Å². The zero-order chi connectivity index (χ0) is 14.7. The van der Waals surface area contributed by atoms with E-state index in [4.69, 9.17) is 0 Å². The van der Waals surface area contributed by atoms with Crippen LogP contribution in [0.2, 0.25) is 0 Å². The molecule has 1 N–H and O–H groups in total. The fraction of sp³-hybridized carbons (Fsp3) is 0.647. The van der Waals surface area contributed by atoms with Crippen LogP contribution in [0.4, 0.5) is 4.39 Å². The van der Waals surface area contributed by atoms with Crippen molar-refractivity contribution in [1.82, 2.24) is 15.1 Å². The maximum Gasteiger partial charge on any atom is 0.123 e. The molecule has 0 radical (unpaired) electrons. The molecule has 2 aliphatic rings. The number of nitrogens with zero attached hydrogens (tertiary/aromatic N) is 2. The third kappa shape index (κ3) is 4.25. The lowest BCUT2D eigenvalue weighted by atomic mass is 10.0. The van der Waals surface area contributed by atoms with Gasteiger partial charge in [-0.25, -0.2) is 4.39 Å². The van der Waals surface area contributed by atoms with Gasteiger partial charge in [-0.15, -0.1) is 0 Å². The topological polar surface area (TPSA) is 18.5 Å². The number of halogens is 1. The average Bonchev–Trinajstić information content (AvgIpc) is 3.31. The van der Waals surface area contributed by atoms with Crippen LogP contribution in [0.15, 0.2) is 24.3 Å². The van der Waals surface area contributed by atoms with Gasteiger partial charge in [0.1, 0.15) is 5.82 Å². The van der Waals surface area contributed by atoms with E-state index in [0.29, 0.717) is 6.04 Å². The van der Waals surface area contributed by atoms with E-state index in [1.807, 2.05) is 12.1 Å². The molecule has 0 spiro atoms. The minimum atomic E-state index is -0.147. The van der Waals surface area contributed by atoms with Gasteiger partial charge in [0.15, 0.2) is 0 Å². The van der Waals surface area contributed by atoms with Crippen molar-refractivity contribution in [2.45, 2.75) is 18.9 Å². The van der Waals surface area contributed by atoms with Crippen LogP contribution in [-0.4, -0.2) is 56.1 Å². The highest BCUT2D eigenvalue weighted by Crippen LogP contribution is 2.40. The predicted octanol–water partition coefficient (Wildman–Crippen LogP) is 2.11. The second-order valence-electron chi connectivity index (χ2n) is 6.47. The first-order valence-corrected chi connectivity index (χ1v) is 8.12. The minimum absolute atomic E-state index is 0.147. The Morgan fingerprint density at radius 3 is 2.43 bits per heavy atom. The molecular formula is C17H26FN3. The Morgan fingerprint density at radius 1 is 1.14 bits per heavy atom. The van der Waals surface area contributed by atoms with E-state index < -0.39 is 0 Å². The lowest BCUT2D eigenvalue weighted by molar-refractivity contribution is 0.153. The minimum Gasteiger partial charge on any atom is -0.308 e. The summed E-state index contributed by atoms with van der Waals surface area (Å²) >= 11 is 0. The van der Waals surface area contributed by atoms with Crippen molar-refractivity contribution in [1.29, 1.82) is 0 Å². The van der Waals surface area contributed by atoms with Crippen molar-refractivity contribution in [3.63, 3.8) is 0 Å². The van der Waals surface area contributed by atoms with E-state index in [-0.39, 0.29) is 5.82 Å². The average molecular weight is 291 g/mol. The molecule has 1 heterocycles. The maximum atomic E-state index is 13.1. The van der Waals surface area contributed by atoms with Gasteiger partial charge in [0.25, 0.3) is 0 Å². The number of rotatable bonds is 6. The molecule has 0 amide bonds. The van der Waals surface area contributed by atoms with E-state index in [0.717, 1.165) is 19.0 Å². The summed E-state index contributed by atoms with van der Waals surface area (Å²) in [4.78, 5) is 4.91. The highest BCUT2D eigenvalue weighted by molar-refractivity contribution is 5.22. The summed E-state index contributed by atoms with van der Waals surface area (Å²) in [6.07, 6.45) is 2.59. The summed E-state index contributed by atoms with van der Waals surface area (Å²) in [5, 5.41) is 3.70.